The number of carboxylic acid groups (broad SMARTS) is 2. The molecule has 0 saturated carbocycles. The summed E-state index contributed by atoms with van der Waals surface area (Å²) in [6, 6.07) is 4.97. The lowest BCUT2D eigenvalue weighted by atomic mass is 10.0. The van der Waals surface area contributed by atoms with Crippen LogP contribution in [0, 0.1) is 6.92 Å². The first-order valence-corrected chi connectivity index (χ1v) is 4.73. The number of hydrogen-bond acceptors (Lipinski definition) is 2. The normalized spacial score (nSPS) is 10.6. The zero-order valence-electron chi connectivity index (χ0n) is 8.80. The average molecular weight is 220 g/mol. The van der Waals surface area contributed by atoms with Gasteiger partial charge in [-0.2, -0.15) is 0 Å². The molecule has 0 radical (unpaired) electrons. The van der Waals surface area contributed by atoms with Gasteiger partial charge in [-0.25, -0.2) is 4.79 Å². The van der Waals surface area contributed by atoms with Gasteiger partial charge in [-0.05, 0) is 24.1 Å². The first-order valence-electron chi connectivity index (χ1n) is 4.73. The van der Waals surface area contributed by atoms with Gasteiger partial charge in [0.15, 0.2) is 0 Å². The first-order chi connectivity index (χ1) is 7.50. The van der Waals surface area contributed by atoms with Gasteiger partial charge in [0, 0.05) is 0 Å². The summed E-state index contributed by atoms with van der Waals surface area (Å²) in [6.45, 7) is 1.72. The van der Waals surface area contributed by atoms with Crippen LogP contribution in [-0.2, 0) is 4.79 Å². The van der Waals surface area contributed by atoms with Gasteiger partial charge in [-0.3, -0.25) is 4.79 Å². The third-order valence-corrected chi connectivity index (χ3v) is 2.09. The summed E-state index contributed by atoms with van der Waals surface area (Å²) >= 11 is 0. The average Bonchev–Trinajstić information content (AvgIpc) is 2.19. The summed E-state index contributed by atoms with van der Waals surface area (Å²) in [7, 11) is 0. The summed E-state index contributed by atoms with van der Waals surface area (Å²) in [4.78, 5) is 21.1. The SMILES string of the molecule is Cc1ccc(C=CCC(=O)O)cc1C(=O)O. The molecule has 0 spiro atoms. The summed E-state index contributed by atoms with van der Waals surface area (Å²) in [5.41, 5.74) is 1.60. The Morgan fingerprint density at radius 2 is 2.00 bits per heavy atom. The Kier molecular flexibility index (Phi) is 3.83. The van der Waals surface area contributed by atoms with Crippen molar-refractivity contribution in [1.82, 2.24) is 0 Å². The van der Waals surface area contributed by atoms with Crippen molar-refractivity contribution >= 4 is 18.0 Å². The highest BCUT2D eigenvalue weighted by Crippen LogP contribution is 2.12. The highest BCUT2D eigenvalue weighted by Gasteiger charge is 2.06. The van der Waals surface area contributed by atoms with E-state index in [1.54, 1.807) is 25.1 Å². The van der Waals surface area contributed by atoms with Crippen molar-refractivity contribution in [3.05, 3.63) is 41.0 Å². The number of benzene rings is 1. The number of carbonyl (C=O) groups is 2. The summed E-state index contributed by atoms with van der Waals surface area (Å²) < 4.78 is 0. The van der Waals surface area contributed by atoms with Gasteiger partial charge < -0.3 is 10.2 Å². The molecule has 1 rings (SSSR count). The van der Waals surface area contributed by atoms with Gasteiger partial charge >= 0.3 is 11.9 Å². The predicted octanol–water partition coefficient (Wildman–Crippen LogP) is 2.18. The van der Waals surface area contributed by atoms with Crippen LogP contribution in [0.5, 0.6) is 0 Å². The highest BCUT2D eigenvalue weighted by atomic mass is 16.4. The molecule has 0 fully saturated rings. The van der Waals surface area contributed by atoms with Gasteiger partial charge in [0.25, 0.3) is 0 Å². The molecule has 4 nitrogen and oxygen atoms in total. The van der Waals surface area contributed by atoms with Crippen LogP contribution in [0.4, 0.5) is 0 Å². The summed E-state index contributed by atoms with van der Waals surface area (Å²) in [5, 5.41) is 17.3. The van der Waals surface area contributed by atoms with Crippen LogP contribution in [0.1, 0.15) is 27.9 Å². The van der Waals surface area contributed by atoms with E-state index in [1.807, 2.05) is 0 Å². The Morgan fingerprint density at radius 1 is 1.31 bits per heavy atom. The maximum absolute atomic E-state index is 10.8. The molecule has 2 N–H and O–H groups in total. The lowest BCUT2D eigenvalue weighted by Gasteiger charge is -2.01. The largest absolute Gasteiger partial charge is 0.481 e. The fourth-order valence-electron chi connectivity index (χ4n) is 1.27. The minimum absolute atomic E-state index is 0.0731. The number of hydrogen-bond donors (Lipinski definition) is 2. The second-order valence-electron chi connectivity index (χ2n) is 3.38. The predicted molar refractivity (Wildman–Crippen MR) is 59.4 cm³/mol. The Labute approximate surface area is 92.8 Å². The first kappa shape index (κ1) is 12.0. The van der Waals surface area contributed by atoms with Gasteiger partial charge in [0.2, 0.25) is 0 Å². The molecule has 0 heterocycles. The number of carboxylic acids is 2. The second kappa shape index (κ2) is 5.11. The van der Waals surface area contributed by atoms with E-state index in [9.17, 15) is 9.59 Å². The minimum atomic E-state index is -0.981. The lowest BCUT2D eigenvalue weighted by molar-refractivity contribution is -0.135. The van der Waals surface area contributed by atoms with Crippen LogP contribution in [0.15, 0.2) is 24.3 Å². The fourth-order valence-corrected chi connectivity index (χ4v) is 1.27. The van der Waals surface area contributed by atoms with Crippen LogP contribution in [0.25, 0.3) is 6.08 Å². The van der Waals surface area contributed by atoms with Crippen molar-refractivity contribution in [3.63, 3.8) is 0 Å². The number of aliphatic carboxylic acids is 1. The molecule has 0 amide bonds. The second-order valence-corrected chi connectivity index (χ2v) is 3.38. The minimum Gasteiger partial charge on any atom is -0.481 e. The summed E-state index contributed by atoms with van der Waals surface area (Å²) in [5.74, 6) is -1.90. The number of rotatable bonds is 4. The molecule has 0 atom stereocenters. The van der Waals surface area contributed by atoms with Crippen LogP contribution >= 0.6 is 0 Å². The van der Waals surface area contributed by atoms with Crippen LogP contribution in [-0.4, -0.2) is 22.2 Å². The Hall–Kier alpha value is -2.10. The van der Waals surface area contributed by atoms with Crippen LogP contribution < -0.4 is 0 Å². The molecular weight excluding hydrogens is 208 g/mol. The molecule has 0 saturated heterocycles. The molecule has 0 aromatic heterocycles. The number of aromatic carboxylic acids is 1. The molecule has 16 heavy (non-hydrogen) atoms. The molecule has 0 unspecified atom stereocenters. The monoisotopic (exact) mass is 220 g/mol. The van der Waals surface area contributed by atoms with Crippen molar-refractivity contribution in [2.24, 2.45) is 0 Å². The molecule has 0 aliphatic carbocycles. The number of aryl methyl sites for hydroxylation is 1. The van der Waals surface area contributed by atoms with Gasteiger partial charge in [-0.15, -0.1) is 0 Å². The van der Waals surface area contributed by atoms with Crippen molar-refractivity contribution in [1.29, 1.82) is 0 Å². The summed E-state index contributed by atoms with van der Waals surface area (Å²) in [6.07, 6.45) is 3.01. The van der Waals surface area contributed by atoms with E-state index in [2.05, 4.69) is 0 Å². The van der Waals surface area contributed by atoms with Crippen molar-refractivity contribution < 1.29 is 19.8 Å². The van der Waals surface area contributed by atoms with Gasteiger partial charge in [-0.1, -0.05) is 24.3 Å². The van der Waals surface area contributed by atoms with E-state index in [0.717, 1.165) is 0 Å². The van der Waals surface area contributed by atoms with Crippen molar-refractivity contribution in [3.8, 4) is 0 Å². The Morgan fingerprint density at radius 3 is 2.56 bits per heavy atom. The standard InChI is InChI=1S/C12H12O4/c1-8-5-6-9(3-2-4-11(13)14)7-10(8)12(15)16/h2-3,5-7H,4H2,1H3,(H,13,14)(H,15,16). The quantitative estimate of drug-likeness (QED) is 0.815. The zero-order chi connectivity index (χ0) is 12.1. The van der Waals surface area contributed by atoms with E-state index in [0.29, 0.717) is 11.1 Å². The van der Waals surface area contributed by atoms with Crippen LogP contribution in [0.3, 0.4) is 0 Å². The Bertz CT molecular complexity index is 446. The molecule has 1 aromatic carbocycles. The zero-order valence-corrected chi connectivity index (χ0v) is 8.80. The van der Waals surface area contributed by atoms with E-state index in [-0.39, 0.29) is 12.0 Å². The van der Waals surface area contributed by atoms with Crippen molar-refractivity contribution in [2.75, 3.05) is 0 Å². The van der Waals surface area contributed by atoms with E-state index in [1.165, 1.54) is 12.1 Å². The maximum atomic E-state index is 10.8. The fraction of sp³-hybridized carbons (Fsp3) is 0.167. The van der Waals surface area contributed by atoms with Crippen LogP contribution in [0.2, 0.25) is 0 Å². The smallest absolute Gasteiger partial charge is 0.335 e. The molecule has 1 aromatic rings. The van der Waals surface area contributed by atoms with Gasteiger partial charge in [0.05, 0.1) is 12.0 Å². The van der Waals surface area contributed by atoms with E-state index in [4.69, 9.17) is 10.2 Å². The lowest BCUT2D eigenvalue weighted by Crippen LogP contribution is -1.99. The van der Waals surface area contributed by atoms with E-state index < -0.39 is 11.9 Å². The molecule has 0 aliphatic rings. The third-order valence-electron chi connectivity index (χ3n) is 2.09. The molecular formula is C12H12O4. The third kappa shape index (κ3) is 3.24. The van der Waals surface area contributed by atoms with E-state index >= 15 is 0 Å². The van der Waals surface area contributed by atoms with Crippen molar-refractivity contribution in [2.45, 2.75) is 13.3 Å². The molecule has 4 heteroatoms. The Balaban J connectivity index is 2.91. The molecule has 0 bridgehead atoms. The molecule has 84 valence electrons. The maximum Gasteiger partial charge on any atom is 0.335 e. The van der Waals surface area contributed by atoms with Gasteiger partial charge in [0.1, 0.15) is 0 Å². The highest BCUT2D eigenvalue weighted by molar-refractivity contribution is 5.90. The molecule has 0 aliphatic heterocycles. The topological polar surface area (TPSA) is 74.6 Å².